The molecule has 196 valence electrons. The molecule has 0 unspecified atom stereocenters. The van der Waals surface area contributed by atoms with Gasteiger partial charge in [-0.05, 0) is 55.5 Å². The molecule has 1 aliphatic rings. The average molecular weight is 534 g/mol. The van der Waals surface area contributed by atoms with Gasteiger partial charge in [0, 0.05) is 17.6 Å². The van der Waals surface area contributed by atoms with Gasteiger partial charge in [-0.15, -0.1) is 0 Å². The van der Waals surface area contributed by atoms with Crippen LogP contribution in [0.3, 0.4) is 0 Å². The highest BCUT2D eigenvalue weighted by Crippen LogP contribution is 2.24. The number of nitrogens with zero attached hydrogens (tertiary/aromatic N) is 2. The summed E-state index contributed by atoms with van der Waals surface area (Å²) in [5.41, 5.74) is 2.09. The molecule has 1 atom stereocenters. The first kappa shape index (κ1) is 28.0. The van der Waals surface area contributed by atoms with Crippen LogP contribution in [0.1, 0.15) is 57.1 Å². The molecule has 1 aliphatic carbocycles. The quantitative estimate of drug-likeness (QED) is 0.486. The molecule has 0 heterocycles. The van der Waals surface area contributed by atoms with Crippen molar-refractivity contribution in [1.82, 2.24) is 10.2 Å². The summed E-state index contributed by atoms with van der Waals surface area (Å²) in [6.07, 6.45) is 6.89. The monoisotopic (exact) mass is 533 g/mol. The third-order valence-electron chi connectivity index (χ3n) is 6.71. The van der Waals surface area contributed by atoms with E-state index in [1.165, 1.54) is 11.3 Å². The molecular weight excluding hydrogens is 498 g/mol. The zero-order valence-corrected chi connectivity index (χ0v) is 22.8. The lowest BCUT2D eigenvalue weighted by atomic mass is 9.95. The van der Waals surface area contributed by atoms with Gasteiger partial charge in [-0.1, -0.05) is 68.1 Å². The topological polar surface area (TPSA) is 86.8 Å². The molecular formula is C27H36ClN3O4S. The van der Waals surface area contributed by atoms with Crippen LogP contribution in [0.2, 0.25) is 5.02 Å². The average Bonchev–Trinajstić information content (AvgIpc) is 2.86. The van der Waals surface area contributed by atoms with E-state index in [0.29, 0.717) is 17.1 Å². The summed E-state index contributed by atoms with van der Waals surface area (Å²) in [5.74, 6) is -0.684. The van der Waals surface area contributed by atoms with Crippen LogP contribution in [0.5, 0.6) is 0 Å². The van der Waals surface area contributed by atoms with Crippen LogP contribution >= 0.6 is 11.6 Å². The molecule has 9 heteroatoms. The summed E-state index contributed by atoms with van der Waals surface area (Å²) in [5, 5.41) is 3.67. The second-order valence-electron chi connectivity index (χ2n) is 9.42. The molecule has 3 rings (SSSR count). The lowest BCUT2D eigenvalue weighted by Crippen LogP contribution is -2.53. The molecule has 2 amide bonds. The van der Waals surface area contributed by atoms with Crippen LogP contribution in [0.25, 0.3) is 0 Å². The maximum atomic E-state index is 13.7. The maximum Gasteiger partial charge on any atom is 0.244 e. The number of anilines is 1. The number of carbonyl (C=O) groups excluding carboxylic acids is 2. The standard InChI is InChI=1S/C27H36ClN3O4S/c1-4-22-10-8-9-13-25(22)31(36(3,34)35)19-26(32)30(18-21-14-16-23(28)17-15-21)20(2)27(33)29-24-11-6-5-7-12-24/h8-10,13-17,20,24H,4-7,11-12,18-19H2,1-3H3,(H,29,33)/t20-/m1/s1. The fraction of sp³-hybridized carbons (Fsp3) is 0.481. The van der Waals surface area contributed by atoms with Crippen molar-refractivity contribution < 1.29 is 18.0 Å². The Bertz CT molecular complexity index is 1150. The van der Waals surface area contributed by atoms with E-state index >= 15 is 0 Å². The van der Waals surface area contributed by atoms with Crippen molar-refractivity contribution in [1.29, 1.82) is 0 Å². The lowest BCUT2D eigenvalue weighted by Gasteiger charge is -2.33. The van der Waals surface area contributed by atoms with E-state index in [4.69, 9.17) is 11.6 Å². The summed E-state index contributed by atoms with van der Waals surface area (Å²) >= 11 is 6.03. The predicted molar refractivity (Wildman–Crippen MR) is 144 cm³/mol. The Morgan fingerprint density at radius 3 is 2.31 bits per heavy atom. The number of aryl methyl sites for hydroxylation is 1. The molecule has 2 aromatic carbocycles. The Morgan fingerprint density at radius 2 is 1.69 bits per heavy atom. The van der Waals surface area contributed by atoms with Gasteiger partial charge < -0.3 is 10.2 Å². The number of hydrogen-bond acceptors (Lipinski definition) is 4. The smallest absolute Gasteiger partial charge is 0.244 e. The number of halogens is 1. The van der Waals surface area contributed by atoms with Crippen molar-refractivity contribution in [2.45, 2.75) is 71.0 Å². The third kappa shape index (κ3) is 7.46. The van der Waals surface area contributed by atoms with Gasteiger partial charge in [0.2, 0.25) is 21.8 Å². The number of carbonyl (C=O) groups is 2. The van der Waals surface area contributed by atoms with E-state index in [1.807, 2.05) is 19.1 Å². The highest BCUT2D eigenvalue weighted by molar-refractivity contribution is 7.92. The first-order valence-corrected chi connectivity index (χ1v) is 14.7. The van der Waals surface area contributed by atoms with Gasteiger partial charge in [0.25, 0.3) is 0 Å². The van der Waals surface area contributed by atoms with Crippen LogP contribution in [-0.4, -0.2) is 50.0 Å². The van der Waals surface area contributed by atoms with Gasteiger partial charge in [0.1, 0.15) is 12.6 Å². The van der Waals surface area contributed by atoms with Crippen LogP contribution in [-0.2, 0) is 32.6 Å². The number of rotatable bonds is 10. The Hall–Kier alpha value is -2.58. The molecule has 0 aromatic heterocycles. The van der Waals surface area contributed by atoms with Crippen molar-refractivity contribution in [2.75, 3.05) is 17.1 Å². The van der Waals surface area contributed by atoms with Crippen LogP contribution in [0.15, 0.2) is 48.5 Å². The van der Waals surface area contributed by atoms with Gasteiger partial charge in [0.15, 0.2) is 0 Å². The molecule has 0 aliphatic heterocycles. The number of amides is 2. The van der Waals surface area contributed by atoms with E-state index in [2.05, 4.69) is 5.32 Å². The first-order chi connectivity index (χ1) is 17.1. The Labute approximate surface area is 219 Å². The fourth-order valence-corrected chi connectivity index (χ4v) is 5.59. The zero-order chi connectivity index (χ0) is 26.3. The van der Waals surface area contributed by atoms with Crippen LogP contribution in [0.4, 0.5) is 5.69 Å². The molecule has 1 fully saturated rings. The van der Waals surface area contributed by atoms with Crippen LogP contribution < -0.4 is 9.62 Å². The molecule has 1 N–H and O–H groups in total. The Balaban J connectivity index is 1.89. The number of hydrogen-bond donors (Lipinski definition) is 1. The maximum absolute atomic E-state index is 13.7. The fourth-order valence-electron chi connectivity index (χ4n) is 4.59. The van der Waals surface area contributed by atoms with Gasteiger partial charge in [-0.25, -0.2) is 8.42 Å². The van der Waals surface area contributed by atoms with E-state index in [9.17, 15) is 18.0 Å². The number of nitrogens with one attached hydrogen (secondary N) is 1. The highest BCUT2D eigenvalue weighted by atomic mass is 35.5. The van der Waals surface area contributed by atoms with E-state index in [-0.39, 0.29) is 18.5 Å². The van der Waals surface area contributed by atoms with Crippen molar-refractivity contribution in [3.63, 3.8) is 0 Å². The zero-order valence-electron chi connectivity index (χ0n) is 21.2. The van der Waals surface area contributed by atoms with Gasteiger partial charge in [-0.3, -0.25) is 13.9 Å². The van der Waals surface area contributed by atoms with Crippen molar-refractivity contribution in [3.8, 4) is 0 Å². The van der Waals surface area contributed by atoms with Crippen LogP contribution in [0, 0.1) is 0 Å². The Kier molecular flexibility index (Phi) is 9.79. The summed E-state index contributed by atoms with van der Waals surface area (Å²) in [4.78, 5) is 28.3. The first-order valence-electron chi connectivity index (χ1n) is 12.5. The molecule has 7 nitrogen and oxygen atoms in total. The third-order valence-corrected chi connectivity index (χ3v) is 8.08. The number of para-hydroxylation sites is 1. The normalized spacial score (nSPS) is 15.2. The van der Waals surface area contributed by atoms with E-state index in [1.54, 1.807) is 43.3 Å². The van der Waals surface area contributed by atoms with Crippen molar-refractivity contribution >= 4 is 39.1 Å². The minimum absolute atomic E-state index is 0.102. The van der Waals surface area contributed by atoms with Crippen molar-refractivity contribution in [2.24, 2.45) is 0 Å². The Morgan fingerprint density at radius 1 is 1.06 bits per heavy atom. The highest BCUT2D eigenvalue weighted by Gasteiger charge is 2.31. The second-order valence-corrected chi connectivity index (χ2v) is 11.8. The van der Waals surface area contributed by atoms with Gasteiger partial charge >= 0.3 is 0 Å². The van der Waals surface area contributed by atoms with E-state index < -0.39 is 28.5 Å². The summed E-state index contributed by atoms with van der Waals surface area (Å²) < 4.78 is 26.7. The molecule has 0 spiro atoms. The molecule has 36 heavy (non-hydrogen) atoms. The summed E-state index contributed by atoms with van der Waals surface area (Å²) in [6, 6.07) is 13.5. The minimum atomic E-state index is -3.76. The predicted octanol–water partition coefficient (Wildman–Crippen LogP) is 4.53. The molecule has 1 saturated carbocycles. The SMILES string of the molecule is CCc1ccccc1N(CC(=O)N(Cc1ccc(Cl)cc1)[C@H](C)C(=O)NC1CCCCC1)S(C)(=O)=O. The molecule has 0 saturated heterocycles. The van der Waals surface area contributed by atoms with Gasteiger partial charge in [0.05, 0.1) is 11.9 Å². The van der Waals surface area contributed by atoms with E-state index in [0.717, 1.165) is 47.4 Å². The largest absolute Gasteiger partial charge is 0.352 e. The lowest BCUT2D eigenvalue weighted by molar-refractivity contribution is -0.139. The second kappa shape index (κ2) is 12.6. The minimum Gasteiger partial charge on any atom is -0.352 e. The summed E-state index contributed by atoms with van der Waals surface area (Å²) in [7, 11) is -3.76. The molecule has 0 bridgehead atoms. The molecule has 2 aromatic rings. The summed E-state index contributed by atoms with van der Waals surface area (Å²) in [6.45, 7) is 3.38. The van der Waals surface area contributed by atoms with Gasteiger partial charge in [-0.2, -0.15) is 0 Å². The van der Waals surface area contributed by atoms with Crippen molar-refractivity contribution in [3.05, 3.63) is 64.7 Å². The number of benzene rings is 2. The molecule has 0 radical (unpaired) electrons. The number of sulfonamides is 1.